The Hall–Kier alpha value is -3.85. The minimum atomic E-state index is -0.773. The number of hydrogen-bond donors (Lipinski definition) is 2. The van der Waals surface area contributed by atoms with Crippen LogP contribution < -0.4 is 19.6 Å². The van der Waals surface area contributed by atoms with Gasteiger partial charge in [0, 0.05) is 5.56 Å². The van der Waals surface area contributed by atoms with Gasteiger partial charge in [-0.15, -0.1) is 0 Å². The van der Waals surface area contributed by atoms with E-state index in [0.717, 1.165) is 16.9 Å². The van der Waals surface area contributed by atoms with E-state index in [1.165, 1.54) is 28.8 Å². The second kappa shape index (κ2) is 9.79. The summed E-state index contributed by atoms with van der Waals surface area (Å²) in [5.74, 6) is 0.00332. The number of esters is 1. The zero-order valence-corrected chi connectivity index (χ0v) is 20.7. The highest BCUT2D eigenvalue weighted by atomic mass is 32.1. The molecule has 2 N–H and O–H groups in total. The van der Waals surface area contributed by atoms with Gasteiger partial charge in [0.1, 0.15) is 17.2 Å². The second-order valence-corrected chi connectivity index (χ2v) is 9.01. The predicted octanol–water partition coefficient (Wildman–Crippen LogP) is 2.92. The van der Waals surface area contributed by atoms with Gasteiger partial charge >= 0.3 is 5.97 Å². The number of benzene rings is 2. The number of carbonyl (C=O) groups is 1. The normalized spacial score (nSPS) is 15.5. The molecule has 1 aliphatic rings. The average molecular weight is 495 g/mol. The third-order valence-corrected chi connectivity index (χ3v) is 6.63. The second-order valence-electron chi connectivity index (χ2n) is 8.00. The van der Waals surface area contributed by atoms with Crippen LogP contribution in [0.25, 0.3) is 6.08 Å². The summed E-state index contributed by atoms with van der Waals surface area (Å²) in [4.78, 5) is 31.6. The molecule has 0 fully saturated rings. The highest BCUT2D eigenvalue weighted by molar-refractivity contribution is 7.07. The van der Waals surface area contributed by atoms with Crippen molar-refractivity contribution < 1.29 is 24.5 Å². The molecule has 8 nitrogen and oxygen atoms in total. The van der Waals surface area contributed by atoms with E-state index >= 15 is 0 Å². The number of allylic oxidation sites excluding steroid dienone is 1. The van der Waals surface area contributed by atoms with E-state index in [4.69, 9.17) is 9.47 Å². The van der Waals surface area contributed by atoms with Crippen molar-refractivity contribution in [3.05, 3.63) is 84.0 Å². The first-order chi connectivity index (χ1) is 16.7. The van der Waals surface area contributed by atoms with Crippen LogP contribution in [0.5, 0.6) is 17.2 Å². The molecule has 0 amide bonds. The van der Waals surface area contributed by atoms with Gasteiger partial charge in [0.05, 0.1) is 35.1 Å². The summed E-state index contributed by atoms with van der Waals surface area (Å²) in [6.07, 6.45) is 1.50. The molecule has 9 heteroatoms. The summed E-state index contributed by atoms with van der Waals surface area (Å²) in [6, 6.07) is 8.89. The summed E-state index contributed by atoms with van der Waals surface area (Å²) < 4.78 is 12.9. The minimum absolute atomic E-state index is 0.0387. The maximum Gasteiger partial charge on any atom is 0.338 e. The Balaban J connectivity index is 1.98. The van der Waals surface area contributed by atoms with Crippen molar-refractivity contribution in [3.8, 4) is 17.2 Å². The lowest BCUT2D eigenvalue weighted by Crippen LogP contribution is -2.40. The highest BCUT2D eigenvalue weighted by Gasteiger charge is 2.33. The van der Waals surface area contributed by atoms with Crippen LogP contribution in [-0.4, -0.2) is 34.0 Å². The number of rotatable bonds is 6. The molecule has 0 bridgehead atoms. The van der Waals surface area contributed by atoms with E-state index < -0.39 is 12.0 Å². The molecule has 182 valence electrons. The molecule has 0 saturated carbocycles. The van der Waals surface area contributed by atoms with Gasteiger partial charge in [-0.2, -0.15) is 0 Å². The Morgan fingerprint density at radius 3 is 2.63 bits per heavy atom. The summed E-state index contributed by atoms with van der Waals surface area (Å²) in [7, 11) is 0. The van der Waals surface area contributed by atoms with Crippen LogP contribution in [0.2, 0.25) is 0 Å². The van der Waals surface area contributed by atoms with Crippen molar-refractivity contribution >= 4 is 23.4 Å². The molecule has 35 heavy (non-hydrogen) atoms. The zero-order valence-electron chi connectivity index (χ0n) is 19.9. The first-order valence-corrected chi connectivity index (χ1v) is 12.0. The molecule has 1 atom stereocenters. The van der Waals surface area contributed by atoms with Crippen LogP contribution in [0, 0.1) is 6.92 Å². The van der Waals surface area contributed by atoms with Gasteiger partial charge in [-0.05, 0) is 69.2 Å². The first-order valence-electron chi connectivity index (χ1n) is 11.2. The molecule has 0 saturated heterocycles. The van der Waals surface area contributed by atoms with Gasteiger partial charge in [-0.25, -0.2) is 9.79 Å². The van der Waals surface area contributed by atoms with E-state index in [9.17, 15) is 19.8 Å². The van der Waals surface area contributed by atoms with Gasteiger partial charge in [0.25, 0.3) is 5.56 Å². The van der Waals surface area contributed by atoms with Crippen LogP contribution in [0.4, 0.5) is 0 Å². The van der Waals surface area contributed by atoms with Crippen molar-refractivity contribution in [3.63, 3.8) is 0 Å². The van der Waals surface area contributed by atoms with E-state index in [1.807, 2.05) is 32.0 Å². The summed E-state index contributed by atoms with van der Waals surface area (Å²) in [5.41, 5.74) is 2.26. The third kappa shape index (κ3) is 4.59. The molecular formula is C26H26N2O6S. The third-order valence-electron chi connectivity index (χ3n) is 5.64. The number of phenolic OH excluding ortho intramolecular Hbond substituents is 2. The molecule has 1 unspecified atom stereocenters. The van der Waals surface area contributed by atoms with Crippen molar-refractivity contribution in [2.75, 3.05) is 13.2 Å². The zero-order chi connectivity index (χ0) is 25.3. The summed E-state index contributed by atoms with van der Waals surface area (Å²) in [6.45, 7) is 7.91. The van der Waals surface area contributed by atoms with E-state index in [-0.39, 0.29) is 29.2 Å². The molecule has 1 aromatic heterocycles. The number of aromatic hydroxyl groups is 2. The number of aromatic nitrogens is 1. The SMILES string of the molecule is CCOC(=O)C1=C(C)N=c2s/c(=C\c3cc(O)ccc3O)c(=O)n2C1c1ccc(C)c(OCC)c1. The Morgan fingerprint density at radius 2 is 1.91 bits per heavy atom. The topological polar surface area (TPSA) is 110 Å². The van der Waals surface area contributed by atoms with Gasteiger partial charge in [-0.1, -0.05) is 23.5 Å². The fourth-order valence-corrected chi connectivity index (χ4v) is 5.04. The molecule has 0 aliphatic carbocycles. The first kappa shape index (κ1) is 24.3. The number of nitrogens with zero attached hydrogens (tertiary/aromatic N) is 2. The van der Waals surface area contributed by atoms with E-state index in [0.29, 0.717) is 38.5 Å². The van der Waals surface area contributed by atoms with Gasteiger partial charge in [0.2, 0.25) is 0 Å². The molecule has 4 rings (SSSR count). The maximum absolute atomic E-state index is 13.6. The number of carbonyl (C=O) groups excluding carboxylic acids is 1. The van der Waals surface area contributed by atoms with Crippen molar-refractivity contribution in [1.29, 1.82) is 0 Å². The Labute approximate surface area is 205 Å². The van der Waals surface area contributed by atoms with Crippen LogP contribution in [0.3, 0.4) is 0 Å². The summed E-state index contributed by atoms with van der Waals surface area (Å²) >= 11 is 1.14. The number of phenols is 2. The van der Waals surface area contributed by atoms with Crippen molar-refractivity contribution in [2.45, 2.75) is 33.7 Å². The standard InChI is InChI=1S/C26H26N2O6S/c1-5-33-20-12-16(8-7-14(20)3)23-22(25(32)34-6-2)15(4)27-26-28(23)24(31)21(35-26)13-17-11-18(29)9-10-19(17)30/h7-13,23,29-30H,5-6H2,1-4H3/b21-13-. The Bertz CT molecular complexity index is 1520. The largest absolute Gasteiger partial charge is 0.508 e. The summed E-state index contributed by atoms with van der Waals surface area (Å²) in [5, 5.41) is 20.0. The number of thiazole rings is 1. The Kier molecular flexibility index (Phi) is 6.79. The van der Waals surface area contributed by atoms with Gasteiger partial charge < -0.3 is 19.7 Å². The average Bonchev–Trinajstić information content (AvgIpc) is 3.11. The van der Waals surface area contributed by atoms with Gasteiger partial charge in [-0.3, -0.25) is 9.36 Å². The highest BCUT2D eigenvalue weighted by Crippen LogP contribution is 2.33. The van der Waals surface area contributed by atoms with E-state index in [2.05, 4.69) is 4.99 Å². The van der Waals surface area contributed by atoms with Crippen molar-refractivity contribution in [2.24, 2.45) is 4.99 Å². The molecule has 0 spiro atoms. The number of fused-ring (bicyclic) bond motifs is 1. The van der Waals surface area contributed by atoms with Crippen LogP contribution >= 0.6 is 11.3 Å². The maximum atomic E-state index is 13.6. The lowest BCUT2D eigenvalue weighted by Gasteiger charge is -2.25. The van der Waals surface area contributed by atoms with Gasteiger partial charge in [0.15, 0.2) is 4.80 Å². The smallest absolute Gasteiger partial charge is 0.338 e. The minimum Gasteiger partial charge on any atom is -0.508 e. The fraction of sp³-hybridized carbons (Fsp3) is 0.269. The lowest BCUT2D eigenvalue weighted by atomic mass is 9.95. The van der Waals surface area contributed by atoms with Crippen LogP contribution in [0.1, 0.15) is 43.5 Å². The predicted molar refractivity (Wildman–Crippen MR) is 133 cm³/mol. The van der Waals surface area contributed by atoms with E-state index in [1.54, 1.807) is 13.8 Å². The number of ether oxygens (including phenoxy) is 2. The van der Waals surface area contributed by atoms with Crippen LogP contribution in [0.15, 0.2) is 57.5 Å². The molecule has 1 aliphatic heterocycles. The number of hydrogen-bond acceptors (Lipinski definition) is 8. The molecule has 2 aromatic carbocycles. The molecule has 2 heterocycles. The molecular weight excluding hydrogens is 468 g/mol. The molecule has 0 radical (unpaired) electrons. The lowest BCUT2D eigenvalue weighted by molar-refractivity contribution is -0.139. The fourth-order valence-electron chi connectivity index (χ4n) is 4.00. The quantitative estimate of drug-likeness (QED) is 0.403. The Morgan fingerprint density at radius 1 is 1.14 bits per heavy atom. The number of aryl methyl sites for hydroxylation is 1. The monoisotopic (exact) mass is 494 g/mol. The molecule has 3 aromatic rings. The van der Waals surface area contributed by atoms with Crippen LogP contribution in [-0.2, 0) is 9.53 Å². The van der Waals surface area contributed by atoms with Crippen molar-refractivity contribution in [1.82, 2.24) is 4.57 Å².